The van der Waals surface area contributed by atoms with Gasteiger partial charge in [-0.3, -0.25) is 4.99 Å². The van der Waals surface area contributed by atoms with E-state index in [0.717, 1.165) is 5.75 Å². The van der Waals surface area contributed by atoms with Gasteiger partial charge in [0, 0.05) is 12.0 Å². The monoisotopic (exact) mass is 177 g/mol. The van der Waals surface area contributed by atoms with E-state index >= 15 is 0 Å². The Kier molecular flexibility index (Phi) is 2.17. The SMILES string of the molecule is Cc1ccc(C2N=CCS2)cc1. The van der Waals surface area contributed by atoms with Gasteiger partial charge >= 0.3 is 0 Å². The molecule has 0 radical (unpaired) electrons. The van der Waals surface area contributed by atoms with Crippen molar-refractivity contribution < 1.29 is 0 Å². The maximum Gasteiger partial charge on any atom is 0.120 e. The van der Waals surface area contributed by atoms with Gasteiger partial charge < -0.3 is 0 Å². The van der Waals surface area contributed by atoms with E-state index in [4.69, 9.17) is 0 Å². The third-order valence-electron chi connectivity index (χ3n) is 1.93. The maximum absolute atomic E-state index is 4.37. The molecule has 0 aromatic heterocycles. The molecular formula is C10H11NS. The molecule has 1 aromatic carbocycles. The fourth-order valence-corrected chi connectivity index (χ4v) is 2.11. The highest BCUT2D eigenvalue weighted by atomic mass is 32.2. The third-order valence-corrected chi connectivity index (χ3v) is 2.98. The van der Waals surface area contributed by atoms with Gasteiger partial charge in [0.2, 0.25) is 0 Å². The summed E-state index contributed by atoms with van der Waals surface area (Å²) < 4.78 is 0. The molecule has 62 valence electrons. The van der Waals surface area contributed by atoms with E-state index in [0.29, 0.717) is 5.37 Å². The van der Waals surface area contributed by atoms with Crippen LogP contribution < -0.4 is 0 Å². The standard InChI is InChI=1S/C10H11NS/c1-8-2-4-9(5-3-8)10-11-6-7-12-10/h2-6,10H,7H2,1H3. The Morgan fingerprint density at radius 3 is 2.67 bits per heavy atom. The number of hydrogen-bond donors (Lipinski definition) is 0. The van der Waals surface area contributed by atoms with Crippen molar-refractivity contribution in [2.45, 2.75) is 12.3 Å². The molecule has 1 unspecified atom stereocenters. The number of hydrogen-bond acceptors (Lipinski definition) is 2. The zero-order valence-electron chi connectivity index (χ0n) is 7.03. The van der Waals surface area contributed by atoms with Crippen molar-refractivity contribution in [1.29, 1.82) is 0 Å². The number of nitrogens with zero attached hydrogens (tertiary/aromatic N) is 1. The summed E-state index contributed by atoms with van der Waals surface area (Å²) in [6.07, 6.45) is 2.00. The van der Waals surface area contributed by atoms with E-state index in [9.17, 15) is 0 Å². The van der Waals surface area contributed by atoms with Crippen molar-refractivity contribution in [1.82, 2.24) is 0 Å². The summed E-state index contributed by atoms with van der Waals surface area (Å²) in [6.45, 7) is 2.11. The molecule has 1 nitrogen and oxygen atoms in total. The lowest BCUT2D eigenvalue weighted by Crippen LogP contribution is -1.85. The predicted octanol–water partition coefficient (Wildman–Crippen LogP) is 2.81. The molecule has 1 atom stereocenters. The summed E-state index contributed by atoms with van der Waals surface area (Å²) in [5, 5.41) is 0.352. The van der Waals surface area contributed by atoms with E-state index in [-0.39, 0.29) is 0 Å². The van der Waals surface area contributed by atoms with Crippen LogP contribution in [0.5, 0.6) is 0 Å². The van der Waals surface area contributed by atoms with Crippen molar-refractivity contribution in [2.75, 3.05) is 5.75 Å². The summed E-state index contributed by atoms with van der Waals surface area (Å²) in [5.74, 6) is 1.05. The molecular weight excluding hydrogens is 166 g/mol. The first kappa shape index (κ1) is 7.87. The van der Waals surface area contributed by atoms with E-state index in [1.54, 1.807) is 0 Å². The van der Waals surface area contributed by atoms with E-state index in [1.807, 2.05) is 18.0 Å². The zero-order valence-corrected chi connectivity index (χ0v) is 7.84. The van der Waals surface area contributed by atoms with Crippen LogP contribution in [0.2, 0.25) is 0 Å². The first-order chi connectivity index (χ1) is 5.86. The van der Waals surface area contributed by atoms with Crippen LogP contribution in [0.1, 0.15) is 16.5 Å². The molecule has 0 aliphatic carbocycles. The number of thioether (sulfide) groups is 1. The number of benzene rings is 1. The van der Waals surface area contributed by atoms with Crippen molar-refractivity contribution >= 4 is 18.0 Å². The summed E-state index contributed by atoms with van der Waals surface area (Å²) in [4.78, 5) is 4.37. The maximum atomic E-state index is 4.37. The summed E-state index contributed by atoms with van der Waals surface area (Å²) in [7, 11) is 0. The van der Waals surface area contributed by atoms with Crippen LogP contribution in [0.25, 0.3) is 0 Å². The fourth-order valence-electron chi connectivity index (χ4n) is 1.23. The van der Waals surface area contributed by atoms with Gasteiger partial charge in [0.1, 0.15) is 5.37 Å². The normalized spacial score (nSPS) is 21.6. The van der Waals surface area contributed by atoms with E-state index in [2.05, 4.69) is 36.2 Å². The lowest BCUT2D eigenvalue weighted by Gasteiger charge is -2.05. The Bertz CT molecular complexity index is 289. The van der Waals surface area contributed by atoms with Crippen molar-refractivity contribution in [3.63, 3.8) is 0 Å². The van der Waals surface area contributed by atoms with Crippen LogP contribution in [0, 0.1) is 6.92 Å². The van der Waals surface area contributed by atoms with Crippen LogP contribution in [0.4, 0.5) is 0 Å². The molecule has 0 amide bonds. The highest BCUT2D eigenvalue weighted by Gasteiger charge is 2.12. The number of aryl methyl sites for hydroxylation is 1. The Balaban J connectivity index is 2.23. The summed E-state index contributed by atoms with van der Waals surface area (Å²) in [6, 6.07) is 8.61. The van der Waals surface area contributed by atoms with Gasteiger partial charge in [-0.05, 0) is 12.5 Å². The quantitative estimate of drug-likeness (QED) is 0.642. The molecule has 0 fully saturated rings. The van der Waals surface area contributed by atoms with Crippen LogP contribution in [0.3, 0.4) is 0 Å². The summed E-state index contributed by atoms with van der Waals surface area (Å²) in [5.41, 5.74) is 2.63. The number of rotatable bonds is 1. The molecule has 0 spiro atoms. The molecule has 2 heteroatoms. The predicted molar refractivity (Wildman–Crippen MR) is 54.9 cm³/mol. The van der Waals surface area contributed by atoms with Crippen molar-refractivity contribution in [2.24, 2.45) is 4.99 Å². The number of aliphatic imine (C=N–C) groups is 1. The van der Waals surface area contributed by atoms with Gasteiger partial charge in [0.25, 0.3) is 0 Å². The zero-order chi connectivity index (χ0) is 8.39. The van der Waals surface area contributed by atoms with E-state index in [1.165, 1.54) is 11.1 Å². The fraction of sp³-hybridized carbons (Fsp3) is 0.300. The van der Waals surface area contributed by atoms with Gasteiger partial charge in [-0.15, -0.1) is 11.8 Å². The highest BCUT2D eigenvalue weighted by molar-refractivity contribution is 8.00. The second-order valence-electron chi connectivity index (χ2n) is 2.93. The minimum atomic E-state index is 0.352. The van der Waals surface area contributed by atoms with Gasteiger partial charge in [-0.25, -0.2) is 0 Å². The Labute approximate surface area is 76.9 Å². The Morgan fingerprint density at radius 1 is 1.33 bits per heavy atom. The topological polar surface area (TPSA) is 12.4 Å². The second-order valence-corrected chi connectivity index (χ2v) is 4.04. The smallest absolute Gasteiger partial charge is 0.120 e. The van der Waals surface area contributed by atoms with Crippen molar-refractivity contribution in [3.05, 3.63) is 35.4 Å². The first-order valence-corrected chi connectivity index (χ1v) is 5.11. The van der Waals surface area contributed by atoms with Gasteiger partial charge in [-0.1, -0.05) is 29.8 Å². The minimum absolute atomic E-state index is 0.352. The molecule has 1 aliphatic heterocycles. The molecule has 0 bridgehead atoms. The molecule has 0 saturated carbocycles. The molecule has 1 aromatic rings. The second kappa shape index (κ2) is 3.31. The highest BCUT2D eigenvalue weighted by Crippen LogP contribution is 2.32. The van der Waals surface area contributed by atoms with Crippen LogP contribution in [0.15, 0.2) is 29.3 Å². The van der Waals surface area contributed by atoms with Crippen LogP contribution >= 0.6 is 11.8 Å². The lowest BCUT2D eigenvalue weighted by atomic mass is 10.1. The van der Waals surface area contributed by atoms with Crippen LogP contribution in [-0.4, -0.2) is 12.0 Å². The van der Waals surface area contributed by atoms with Crippen LogP contribution in [-0.2, 0) is 0 Å². The molecule has 0 saturated heterocycles. The molecule has 0 N–H and O–H groups in total. The molecule has 12 heavy (non-hydrogen) atoms. The third kappa shape index (κ3) is 1.53. The minimum Gasteiger partial charge on any atom is -0.278 e. The average molecular weight is 177 g/mol. The van der Waals surface area contributed by atoms with Crippen molar-refractivity contribution in [3.8, 4) is 0 Å². The molecule has 1 heterocycles. The average Bonchev–Trinajstić information content (AvgIpc) is 2.58. The summed E-state index contributed by atoms with van der Waals surface area (Å²) >= 11 is 1.88. The largest absolute Gasteiger partial charge is 0.278 e. The first-order valence-electron chi connectivity index (χ1n) is 4.06. The van der Waals surface area contributed by atoms with Gasteiger partial charge in [0.05, 0.1) is 0 Å². The van der Waals surface area contributed by atoms with E-state index < -0.39 is 0 Å². The molecule has 1 aliphatic rings. The Morgan fingerprint density at radius 2 is 2.08 bits per heavy atom. The lowest BCUT2D eigenvalue weighted by molar-refractivity contribution is 1.05. The van der Waals surface area contributed by atoms with Gasteiger partial charge in [-0.2, -0.15) is 0 Å². The molecule has 2 rings (SSSR count). The Hall–Kier alpha value is -0.760. The van der Waals surface area contributed by atoms with Gasteiger partial charge in [0.15, 0.2) is 0 Å².